The van der Waals surface area contributed by atoms with Gasteiger partial charge in [0.2, 0.25) is 5.91 Å². The number of likely N-dealkylation sites (tertiary alicyclic amines) is 1. The maximum Gasteiger partial charge on any atom is 0.255 e. The molecule has 1 saturated heterocycles. The molecule has 3 rings (SSSR count). The van der Waals surface area contributed by atoms with Gasteiger partial charge in [-0.2, -0.15) is 0 Å². The molecule has 2 aromatic carbocycles. The fraction of sp³-hybridized carbons (Fsp3) is 0.348. The third-order valence-corrected chi connectivity index (χ3v) is 5.16. The standard InChI is InChI=1S/C23H27N3O5/c1-30-15-13-24-22(28)20-4-3-14-26(20)23(29)17-5-9-18(10-6-17)25-21(27)16-7-11-19(31-2)12-8-16/h5-12,20H,3-4,13-15H2,1-2H3,(H,24,28)(H,25,27). The summed E-state index contributed by atoms with van der Waals surface area (Å²) in [5.41, 5.74) is 1.55. The van der Waals surface area contributed by atoms with Crippen molar-refractivity contribution in [3.8, 4) is 5.75 Å². The minimum atomic E-state index is -0.473. The Morgan fingerprint density at radius 2 is 1.68 bits per heavy atom. The molecule has 1 fully saturated rings. The number of hydrogen-bond donors (Lipinski definition) is 2. The van der Waals surface area contributed by atoms with Crippen LogP contribution in [0.5, 0.6) is 5.75 Å². The highest BCUT2D eigenvalue weighted by Gasteiger charge is 2.34. The quantitative estimate of drug-likeness (QED) is 0.633. The molecule has 0 aliphatic carbocycles. The van der Waals surface area contributed by atoms with E-state index in [-0.39, 0.29) is 17.7 Å². The fourth-order valence-electron chi connectivity index (χ4n) is 3.48. The number of carbonyl (C=O) groups excluding carboxylic acids is 3. The van der Waals surface area contributed by atoms with Crippen molar-refractivity contribution in [3.05, 3.63) is 59.7 Å². The van der Waals surface area contributed by atoms with Gasteiger partial charge in [0.05, 0.1) is 13.7 Å². The maximum absolute atomic E-state index is 12.9. The van der Waals surface area contributed by atoms with E-state index in [1.165, 1.54) is 0 Å². The summed E-state index contributed by atoms with van der Waals surface area (Å²) in [5.74, 6) is 0.0600. The normalized spacial score (nSPS) is 15.4. The number of benzene rings is 2. The first-order valence-electron chi connectivity index (χ1n) is 10.2. The van der Waals surface area contributed by atoms with Crippen LogP contribution >= 0.6 is 0 Å². The average molecular weight is 425 g/mol. The summed E-state index contributed by atoms with van der Waals surface area (Å²) in [6.45, 7) is 1.38. The van der Waals surface area contributed by atoms with Gasteiger partial charge in [0.15, 0.2) is 0 Å². The highest BCUT2D eigenvalue weighted by Crippen LogP contribution is 2.21. The highest BCUT2D eigenvalue weighted by molar-refractivity contribution is 6.04. The zero-order valence-electron chi connectivity index (χ0n) is 17.7. The molecule has 31 heavy (non-hydrogen) atoms. The Balaban J connectivity index is 1.61. The lowest BCUT2D eigenvalue weighted by Crippen LogP contribution is -2.46. The molecule has 0 spiro atoms. The van der Waals surface area contributed by atoms with Crippen LogP contribution in [0.2, 0.25) is 0 Å². The number of anilines is 1. The molecule has 0 saturated carbocycles. The topological polar surface area (TPSA) is 97.0 Å². The Morgan fingerprint density at radius 3 is 2.32 bits per heavy atom. The largest absolute Gasteiger partial charge is 0.497 e. The number of methoxy groups -OCH3 is 2. The molecule has 2 N–H and O–H groups in total. The van der Waals surface area contributed by atoms with Gasteiger partial charge in [0.1, 0.15) is 11.8 Å². The summed E-state index contributed by atoms with van der Waals surface area (Å²) in [4.78, 5) is 39.3. The van der Waals surface area contributed by atoms with Crippen LogP contribution < -0.4 is 15.4 Å². The van der Waals surface area contributed by atoms with Crippen LogP contribution in [-0.2, 0) is 9.53 Å². The van der Waals surface area contributed by atoms with Gasteiger partial charge < -0.3 is 25.0 Å². The van der Waals surface area contributed by atoms with E-state index in [0.29, 0.717) is 48.7 Å². The minimum absolute atomic E-state index is 0.161. The molecule has 8 nitrogen and oxygen atoms in total. The molecule has 0 aromatic heterocycles. The predicted octanol–water partition coefficient (Wildman–Crippen LogP) is 2.31. The molecule has 1 aliphatic rings. The van der Waals surface area contributed by atoms with Gasteiger partial charge in [0, 0.05) is 37.0 Å². The number of amides is 3. The van der Waals surface area contributed by atoms with Gasteiger partial charge >= 0.3 is 0 Å². The molecule has 3 amide bonds. The van der Waals surface area contributed by atoms with Crippen LogP contribution in [0.15, 0.2) is 48.5 Å². The van der Waals surface area contributed by atoms with Crippen LogP contribution in [0.25, 0.3) is 0 Å². The summed E-state index contributed by atoms with van der Waals surface area (Å²) >= 11 is 0. The maximum atomic E-state index is 12.9. The summed E-state index contributed by atoms with van der Waals surface area (Å²) in [7, 11) is 3.14. The molecule has 8 heteroatoms. The third-order valence-electron chi connectivity index (χ3n) is 5.16. The van der Waals surface area contributed by atoms with Gasteiger partial charge in [0.25, 0.3) is 11.8 Å². The zero-order valence-corrected chi connectivity index (χ0v) is 17.7. The summed E-state index contributed by atoms with van der Waals surface area (Å²) in [6.07, 6.45) is 1.42. The van der Waals surface area contributed by atoms with Gasteiger partial charge in [-0.3, -0.25) is 14.4 Å². The number of ether oxygens (including phenoxy) is 2. The number of rotatable bonds is 8. The summed E-state index contributed by atoms with van der Waals surface area (Å²) < 4.78 is 10.0. The van der Waals surface area contributed by atoms with Crippen molar-refractivity contribution in [2.24, 2.45) is 0 Å². The van der Waals surface area contributed by atoms with Crippen molar-refractivity contribution in [2.45, 2.75) is 18.9 Å². The van der Waals surface area contributed by atoms with Gasteiger partial charge in [-0.1, -0.05) is 0 Å². The number of nitrogens with zero attached hydrogens (tertiary/aromatic N) is 1. The Morgan fingerprint density at radius 1 is 1.00 bits per heavy atom. The third kappa shape index (κ3) is 5.61. The SMILES string of the molecule is COCCNC(=O)C1CCCN1C(=O)c1ccc(NC(=O)c2ccc(OC)cc2)cc1. The first kappa shape index (κ1) is 22.3. The van der Waals surface area contributed by atoms with Gasteiger partial charge in [-0.05, 0) is 61.4 Å². The van der Waals surface area contributed by atoms with Crippen LogP contribution in [0, 0.1) is 0 Å². The average Bonchev–Trinajstić information content (AvgIpc) is 3.29. The fourth-order valence-corrected chi connectivity index (χ4v) is 3.48. The molecular formula is C23H27N3O5. The smallest absolute Gasteiger partial charge is 0.255 e. The lowest BCUT2D eigenvalue weighted by atomic mass is 10.1. The van der Waals surface area contributed by atoms with Crippen LogP contribution in [-0.4, -0.2) is 62.6 Å². The van der Waals surface area contributed by atoms with E-state index < -0.39 is 6.04 Å². The molecular weight excluding hydrogens is 398 g/mol. The van der Waals surface area contributed by atoms with Crippen LogP contribution in [0.1, 0.15) is 33.6 Å². The Kier molecular flexibility index (Phi) is 7.61. The zero-order chi connectivity index (χ0) is 22.2. The molecule has 2 aromatic rings. The van der Waals surface area contributed by atoms with E-state index in [2.05, 4.69) is 10.6 Å². The van der Waals surface area contributed by atoms with E-state index in [4.69, 9.17) is 9.47 Å². The monoisotopic (exact) mass is 425 g/mol. The molecule has 164 valence electrons. The first-order chi connectivity index (χ1) is 15.0. The van der Waals surface area contributed by atoms with Crippen molar-refractivity contribution >= 4 is 23.4 Å². The minimum Gasteiger partial charge on any atom is -0.497 e. The van der Waals surface area contributed by atoms with E-state index >= 15 is 0 Å². The van der Waals surface area contributed by atoms with Crippen LogP contribution in [0.4, 0.5) is 5.69 Å². The predicted molar refractivity (Wildman–Crippen MR) is 116 cm³/mol. The number of nitrogens with one attached hydrogen (secondary N) is 2. The second-order valence-corrected chi connectivity index (χ2v) is 7.20. The molecule has 1 unspecified atom stereocenters. The van der Waals surface area contributed by atoms with Gasteiger partial charge in [-0.25, -0.2) is 0 Å². The Hall–Kier alpha value is -3.39. The highest BCUT2D eigenvalue weighted by atomic mass is 16.5. The number of hydrogen-bond acceptors (Lipinski definition) is 5. The second-order valence-electron chi connectivity index (χ2n) is 7.20. The first-order valence-corrected chi connectivity index (χ1v) is 10.2. The molecule has 1 aliphatic heterocycles. The lowest BCUT2D eigenvalue weighted by molar-refractivity contribution is -0.125. The van der Waals surface area contributed by atoms with Crippen molar-refractivity contribution < 1.29 is 23.9 Å². The van der Waals surface area contributed by atoms with E-state index in [0.717, 1.165) is 6.42 Å². The molecule has 0 radical (unpaired) electrons. The van der Waals surface area contributed by atoms with Crippen molar-refractivity contribution in [1.82, 2.24) is 10.2 Å². The molecule has 1 heterocycles. The summed E-state index contributed by atoms with van der Waals surface area (Å²) in [5, 5.41) is 5.61. The Labute approximate surface area is 181 Å². The number of carbonyl (C=O) groups is 3. The molecule has 0 bridgehead atoms. The van der Waals surface area contributed by atoms with E-state index in [1.807, 2.05) is 0 Å². The lowest BCUT2D eigenvalue weighted by Gasteiger charge is -2.24. The van der Waals surface area contributed by atoms with E-state index in [1.54, 1.807) is 67.7 Å². The van der Waals surface area contributed by atoms with Crippen molar-refractivity contribution in [3.63, 3.8) is 0 Å². The summed E-state index contributed by atoms with van der Waals surface area (Å²) in [6, 6.07) is 13.0. The van der Waals surface area contributed by atoms with Crippen LogP contribution in [0.3, 0.4) is 0 Å². The van der Waals surface area contributed by atoms with Gasteiger partial charge in [-0.15, -0.1) is 0 Å². The Bertz CT molecular complexity index is 912. The van der Waals surface area contributed by atoms with Crippen molar-refractivity contribution in [2.75, 3.05) is 39.2 Å². The van der Waals surface area contributed by atoms with Crippen molar-refractivity contribution in [1.29, 1.82) is 0 Å². The molecule has 1 atom stereocenters. The second kappa shape index (κ2) is 10.6. The van der Waals surface area contributed by atoms with E-state index in [9.17, 15) is 14.4 Å².